The molecule has 0 saturated heterocycles. The highest BCUT2D eigenvalue weighted by atomic mass is 32.1. The third kappa shape index (κ3) is 7.50. The van der Waals surface area contributed by atoms with Gasteiger partial charge in [-0.25, -0.2) is 4.79 Å². The largest absolute Gasteiger partial charge is 0.481 e. The van der Waals surface area contributed by atoms with Gasteiger partial charge in [0.1, 0.15) is 0 Å². The van der Waals surface area contributed by atoms with E-state index in [1.54, 1.807) is 5.38 Å². The fourth-order valence-corrected chi connectivity index (χ4v) is 2.49. The van der Waals surface area contributed by atoms with Crippen molar-refractivity contribution in [3.05, 3.63) is 20.7 Å². The van der Waals surface area contributed by atoms with Crippen molar-refractivity contribution in [2.24, 2.45) is 5.92 Å². The lowest BCUT2D eigenvalue weighted by Gasteiger charge is -2.14. The molecule has 0 aliphatic heterocycles. The highest BCUT2D eigenvalue weighted by Crippen LogP contribution is 2.14. The molecule has 0 aromatic carbocycles. The van der Waals surface area contributed by atoms with Gasteiger partial charge in [-0.3, -0.25) is 9.59 Å². The van der Waals surface area contributed by atoms with Crippen molar-refractivity contribution in [2.75, 3.05) is 6.54 Å². The standard InChI is InChI=1S/C13H21N3O4S/c1-2-9(3-4-11(17)18)5-6-14-12(19)15-7-10-8-21-13(20)16-10/h8-9H,2-7H2,1H3,(H,16,20)(H,17,18)(H2,14,15,19). The van der Waals surface area contributed by atoms with Gasteiger partial charge in [0.05, 0.1) is 6.54 Å². The van der Waals surface area contributed by atoms with Crippen LogP contribution in [0.3, 0.4) is 0 Å². The molecule has 7 nitrogen and oxygen atoms in total. The van der Waals surface area contributed by atoms with Crippen LogP contribution < -0.4 is 15.5 Å². The van der Waals surface area contributed by atoms with Gasteiger partial charge >= 0.3 is 16.9 Å². The van der Waals surface area contributed by atoms with Crippen molar-refractivity contribution in [2.45, 2.75) is 39.2 Å². The van der Waals surface area contributed by atoms with Crippen LogP contribution in [0.5, 0.6) is 0 Å². The van der Waals surface area contributed by atoms with Crippen molar-refractivity contribution in [3.63, 3.8) is 0 Å². The molecule has 1 aromatic heterocycles. The van der Waals surface area contributed by atoms with E-state index in [4.69, 9.17) is 5.11 Å². The molecule has 1 unspecified atom stereocenters. The molecule has 8 heteroatoms. The van der Waals surface area contributed by atoms with Gasteiger partial charge in [0.25, 0.3) is 0 Å². The molecule has 1 rings (SSSR count). The highest BCUT2D eigenvalue weighted by molar-refractivity contribution is 7.07. The van der Waals surface area contributed by atoms with Crippen LogP contribution in [0.2, 0.25) is 0 Å². The number of H-pyrrole nitrogens is 1. The third-order valence-corrected chi connectivity index (χ3v) is 3.91. The topological polar surface area (TPSA) is 111 Å². The molecule has 21 heavy (non-hydrogen) atoms. The molecule has 118 valence electrons. The number of aromatic nitrogens is 1. The molecule has 4 N–H and O–H groups in total. The van der Waals surface area contributed by atoms with Gasteiger partial charge in [0.2, 0.25) is 0 Å². The highest BCUT2D eigenvalue weighted by Gasteiger charge is 2.09. The van der Waals surface area contributed by atoms with E-state index >= 15 is 0 Å². The molecule has 1 atom stereocenters. The number of hydrogen-bond donors (Lipinski definition) is 4. The van der Waals surface area contributed by atoms with E-state index in [1.165, 1.54) is 0 Å². The first-order valence-electron chi connectivity index (χ1n) is 6.91. The molecule has 0 aliphatic rings. The van der Waals surface area contributed by atoms with Gasteiger partial charge in [0.15, 0.2) is 0 Å². The Balaban J connectivity index is 2.17. The van der Waals surface area contributed by atoms with Gasteiger partial charge in [-0.15, -0.1) is 0 Å². The number of rotatable bonds is 9. The number of carbonyl (C=O) groups is 2. The second-order valence-corrected chi connectivity index (χ2v) is 5.62. The summed E-state index contributed by atoms with van der Waals surface area (Å²) in [5.41, 5.74) is 0.674. The zero-order chi connectivity index (χ0) is 15.7. The zero-order valence-electron chi connectivity index (χ0n) is 12.0. The quantitative estimate of drug-likeness (QED) is 0.553. The summed E-state index contributed by atoms with van der Waals surface area (Å²) < 4.78 is 0. The molecule has 1 aromatic rings. The van der Waals surface area contributed by atoms with Crippen LogP contribution in [-0.2, 0) is 11.3 Å². The number of aromatic amines is 1. The van der Waals surface area contributed by atoms with Crippen LogP contribution in [-0.4, -0.2) is 28.6 Å². The third-order valence-electron chi connectivity index (χ3n) is 3.19. The van der Waals surface area contributed by atoms with Gasteiger partial charge < -0.3 is 20.7 Å². The molecule has 0 saturated carbocycles. The zero-order valence-corrected chi connectivity index (χ0v) is 12.8. The lowest BCUT2D eigenvalue weighted by molar-refractivity contribution is -0.137. The second kappa shape index (κ2) is 9.17. The molecule has 0 spiro atoms. The summed E-state index contributed by atoms with van der Waals surface area (Å²) in [5, 5.41) is 15.7. The molecule has 0 radical (unpaired) electrons. The van der Waals surface area contributed by atoms with E-state index in [0.717, 1.165) is 24.2 Å². The Hall–Kier alpha value is -1.83. The number of carbonyl (C=O) groups excluding carboxylic acids is 1. The Labute approximate surface area is 126 Å². The Morgan fingerprint density at radius 3 is 2.71 bits per heavy atom. The summed E-state index contributed by atoms with van der Waals surface area (Å²) in [6.07, 6.45) is 2.45. The molecular weight excluding hydrogens is 294 g/mol. The maximum Gasteiger partial charge on any atom is 0.315 e. The van der Waals surface area contributed by atoms with Crippen LogP contribution in [0.4, 0.5) is 4.79 Å². The van der Waals surface area contributed by atoms with E-state index < -0.39 is 5.97 Å². The minimum atomic E-state index is -0.788. The minimum Gasteiger partial charge on any atom is -0.481 e. The Morgan fingerprint density at radius 1 is 1.38 bits per heavy atom. The average Bonchev–Trinajstić information content (AvgIpc) is 2.86. The van der Waals surface area contributed by atoms with E-state index in [2.05, 4.69) is 15.6 Å². The Kier molecular flexibility index (Phi) is 7.52. The van der Waals surface area contributed by atoms with Crippen molar-refractivity contribution < 1.29 is 14.7 Å². The Morgan fingerprint density at radius 2 is 2.14 bits per heavy atom. The normalized spacial score (nSPS) is 11.9. The number of thiazole rings is 1. The van der Waals surface area contributed by atoms with Crippen LogP contribution in [0.1, 0.15) is 38.3 Å². The number of aliphatic carboxylic acids is 1. The van der Waals surface area contributed by atoms with Gasteiger partial charge in [-0.05, 0) is 18.8 Å². The van der Waals surface area contributed by atoms with Crippen LogP contribution in [0.15, 0.2) is 10.2 Å². The van der Waals surface area contributed by atoms with Crippen LogP contribution in [0.25, 0.3) is 0 Å². The number of nitrogens with one attached hydrogen (secondary N) is 3. The maximum atomic E-state index is 11.6. The molecule has 0 fully saturated rings. The first-order valence-corrected chi connectivity index (χ1v) is 7.79. The Bertz CT molecular complexity index is 512. The monoisotopic (exact) mass is 315 g/mol. The van der Waals surface area contributed by atoms with Crippen molar-refractivity contribution in [3.8, 4) is 0 Å². The summed E-state index contributed by atoms with van der Waals surface area (Å²) in [5.74, 6) is -0.487. The SMILES string of the molecule is CCC(CCNC(=O)NCc1csc(=O)[nH]1)CCC(=O)O. The summed E-state index contributed by atoms with van der Waals surface area (Å²) in [6, 6.07) is -0.296. The first-order chi connectivity index (χ1) is 10.0. The van der Waals surface area contributed by atoms with Crippen LogP contribution in [0, 0.1) is 5.92 Å². The molecule has 0 bridgehead atoms. The maximum absolute atomic E-state index is 11.6. The first kappa shape index (κ1) is 17.2. The van der Waals surface area contributed by atoms with E-state index in [0.29, 0.717) is 24.6 Å². The van der Waals surface area contributed by atoms with Crippen molar-refractivity contribution >= 4 is 23.3 Å². The molecular formula is C13H21N3O4S. The van der Waals surface area contributed by atoms with E-state index in [-0.39, 0.29) is 23.9 Å². The van der Waals surface area contributed by atoms with Crippen LogP contribution >= 0.6 is 11.3 Å². The molecule has 2 amide bonds. The number of hydrogen-bond acceptors (Lipinski definition) is 4. The minimum absolute atomic E-state index is 0.142. The predicted molar refractivity (Wildman–Crippen MR) is 80.4 cm³/mol. The number of amides is 2. The fourth-order valence-electron chi connectivity index (χ4n) is 1.91. The van der Waals surface area contributed by atoms with E-state index in [1.807, 2.05) is 6.92 Å². The van der Waals surface area contributed by atoms with Crippen molar-refractivity contribution in [1.82, 2.24) is 15.6 Å². The van der Waals surface area contributed by atoms with Gasteiger partial charge in [0, 0.05) is 24.0 Å². The summed E-state index contributed by atoms with van der Waals surface area (Å²) >= 11 is 1.06. The second-order valence-electron chi connectivity index (χ2n) is 4.78. The summed E-state index contributed by atoms with van der Waals surface area (Å²) in [6.45, 7) is 2.80. The van der Waals surface area contributed by atoms with E-state index in [9.17, 15) is 14.4 Å². The number of carboxylic acids is 1. The van der Waals surface area contributed by atoms with Crippen molar-refractivity contribution in [1.29, 1.82) is 0 Å². The summed E-state index contributed by atoms with van der Waals surface area (Å²) in [7, 11) is 0. The fraction of sp³-hybridized carbons (Fsp3) is 0.615. The smallest absolute Gasteiger partial charge is 0.315 e. The van der Waals surface area contributed by atoms with Gasteiger partial charge in [-0.1, -0.05) is 24.7 Å². The van der Waals surface area contributed by atoms with Gasteiger partial charge in [-0.2, -0.15) is 0 Å². The predicted octanol–water partition coefficient (Wildman–Crippen LogP) is 1.52. The lowest BCUT2D eigenvalue weighted by atomic mass is 9.97. The lowest BCUT2D eigenvalue weighted by Crippen LogP contribution is -2.36. The number of urea groups is 1. The summed E-state index contributed by atoms with van der Waals surface area (Å²) in [4.78, 5) is 35.5. The number of carboxylic acid groups (broad SMARTS) is 1. The molecule has 1 heterocycles. The molecule has 0 aliphatic carbocycles. The average molecular weight is 315 g/mol.